The van der Waals surface area contributed by atoms with Crippen molar-refractivity contribution in [3.05, 3.63) is 34.9 Å². The van der Waals surface area contributed by atoms with Crippen molar-refractivity contribution in [3.8, 4) is 0 Å². The Labute approximate surface area is 118 Å². The number of halogens is 2. The van der Waals surface area contributed by atoms with E-state index in [2.05, 4.69) is 44.5 Å². The van der Waals surface area contributed by atoms with E-state index in [1.807, 2.05) is 12.1 Å². The van der Waals surface area contributed by atoms with Crippen LogP contribution >= 0.6 is 23.2 Å². The van der Waals surface area contributed by atoms with Crippen LogP contribution in [0.5, 0.6) is 0 Å². The van der Waals surface area contributed by atoms with Crippen LogP contribution in [0.25, 0.3) is 0 Å². The standard InChI is InChI=1S/C13H17Cl.CHClO2/c1-8-9(2)13(10(8)3)11-4-6-12(14)7-5-11;2-1(3)4/h4-10,13H,1-3H3;(H,3,4). The summed E-state index contributed by atoms with van der Waals surface area (Å²) in [5, 5.41) is 8.02. The molecule has 2 rings (SSSR count). The molecule has 4 heteroatoms. The summed E-state index contributed by atoms with van der Waals surface area (Å²) in [4.78, 5) is 8.77. The minimum Gasteiger partial charge on any atom is -0.469 e. The van der Waals surface area contributed by atoms with Crippen LogP contribution in [-0.2, 0) is 0 Å². The fourth-order valence-corrected chi connectivity index (χ4v) is 2.88. The Morgan fingerprint density at radius 2 is 1.44 bits per heavy atom. The van der Waals surface area contributed by atoms with Crippen LogP contribution in [0.15, 0.2) is 24.3 Å². The Morgan fingerprint density at radius 1 is 1.06 bits per heavy atom. The Kier molecular flexibility index (Phi) is 5.48. The lowest BCUT2D eigenvalue weighted by molar-refractivity contribution is 0.0756. The lowest BCUT2D eigenvalue weighted by Crippen LogP contribution is -2.39. The van der Waals surface area contributed by atoms with Gasteiger partial charge in [0.25, 0.3) is 0 Å². The van der Waals surface area contributed by atoms with Crippen LogP contribution in [0.3, 0.4) is 0 Å². The molecule has 18 heavy (non-hydrogen) atoms. The molecule has 0 aliphatic heterocycles. The molecule has 0 saturated heterocycles. The van der Waals surface area contributed by atoms with Gasteiger partial charge in [-0.05, 0) is 41.4 Å². The van der Waals surface area contributed by atoms with Gasteiger partial charge in [-0.15, -0.1) is 0 Å². The minimum absolute atomic E-state index is 0.738. The molecule has 2 atom stereocenters. The molecule has 2 nitrogen and oxygen atoms in total. The fraction of sp³-hybridized carbons (Fsp3) is 0.500. The van der Waals surface area contributed by atoms with Crippen molar-refractivity contribution < 1.29 is 9.90 Å². The zero-order valence-corrected chi connectivity index (χ0v) is 12.2. The van der Waals surface area contributed by atoms with Crippen LogP contribution in [-0.4, -0.2) is 10.5 Å². The minimum atomic E-state index is -1.36. The third-order valence-electron chi connectivity index (χ3n) is 4.05. The third kappa shape index (κ3) is 3.63. The molecule has 0 heterocycles. The van der Waals surface area contributed by atoms with Crippen molar-refractivity contribution in [2.75, 3.05) is 0 Å². The van der Waals surface area contributed by atoms with Crippen molar-refractivity contribution in [1.82, 2.24) is 0 Å². The monoisotopic (exact) mass is 288 g/mol. The molecule has 0 amide bonds. The first kappa shape index (κ1) is 15.3. The van der Waals surface area contributed by atoms with Gasteiger partial charge >= 0.3 is 5.43 Å². The topological polar surface area (TPSA) is 37.3 Å². The Morgan fingerprint density at radius 3 is 1.83 bits per heavy atom. The quantitative estimate of drug-likeness (QED) is 0.717. The predicted molar refractivity (Wildman–Crippen MR) is 75.6 cm³/mol. The molecule has 0 bridgehead atoms. The Balaban J connectivity index is 0.000000357. The van der Waals surface area contributed by atoms with Gasteiger partial charge < -0.3 is 5.11 Å². The van der Waals surface area contributed by atoms with Gasteiger partial charge in [0.1, 0.15) is 0 Å². The number of carbonyl (C=O) groups is 1. The van der Waals surface area contributed by atoms with Crippen LogP contribution < -0.4 is 0 Å². The summed E-state index contributed by atoms with van der Waals surface area (Å²) in [5.41, 5.74) is 0.0903. The predicted octanol–water partition coefficient (Wildman–Crippen LogP) is 5.25. The highest BCUT2D eigenvalue weighted by Crippen LogP contribution is 2.51. The van der Waals surface area contributed by atoms with Crippen molar-refractivity contribution in [2.45, 2.75) is 26.7 Å². The number of benzene rings is 1. The fourth-order valence-electron chi connectivity index (χ4n) is 2.76. The van der Waals surface area contributed by atoms with Crippen molar-refractivity contribution in [1.29, 1.82) is 0 Å². The molecule has 1 aromatic rings. The van der Waals surface area contributed by atoms with Gasteiger partial charge in [0.15, 0.2) is 0 Å². The number of carboxylic acid groups (broad SMARTS) is 1. The van der Waals surface area contributed by atoms with Gasteiger partial charge in [-0.3, -0.25) is 0 Å². The second-order valence-electron chi connectivity index (χ2n) is 4.91. The zero-order chi connectivity index (χ0) is 13.9. The van der Waals surface area contributed by atoms with E-state index >= 15 is 0 Å². The summed E-state index contributed by atoms with van der Waals surface area (Å²) in [6.45, 7) is 7.05. The molecule has 0 radical (unpaired) electrons. The van der Waals surface area contributed by atoms with Crippen molar-refractivity contribution in [3.63, 3.8) is 0 Å². The summed E-state index contributed by atoms with van der Waals surface area (Å²) in [7, 11) is 0. The largest absolute Gasteiger partial charge is 0.469 e. The first-order chi connectivity index (χ1) is 8.34. The van der Waals surface area contributed by atoms with Gasteiger partial charge in [-0.2, -0.15) is 0 Å². The molecule has 1 N–H and O–H groups in total. The molecule has 1 aromatic carbocycles. The first-order valence-electron chi connectivity index (χ1n) is 5.98. The van der Waals surface area contributed by atoms with Gasteiger partial charge in [0, 0.05) is 16.6 Å². The maximum Gasteiger partial charge on any atom is 0.401 e. The number of hydrogen-bond donors (Lipinski definition) is 1. The van der Waals surface area contributed by atoms with E-state index in [0.717, 1.165) is 28.7 Å². The second-order valence-corrected chi connectivity index (χ2v) is 5.67. The van der Waals surface area contributed by atoms with Gasteiger partial charge in [0.2, 0.25) is 0 Å². The SMILES string of the molecule is CC1C(C)C(c2ccc(Cl)cc2)C1C.O=C(O)Cl. The molecule has 1 aliphatic rings. The van der Waals surface area contributed by atoms with Crippen molar-refractivity contribution >= 4 is 28.6 Å². The van der Waals surface area contributed by atoms with Gasteiger partial charge in [-0.25, -0.2) is 4.79 Å². The van der Waals surface area contributed by atoms with Gasteiger partial charge in [-0.1, -0.05) is 44.5 Å². The molecule has 2 unspecified atom stereocenters. The molecule has 1 aliphatic carbocycles. The van der Waals surface area contributed by atoms with E-state index in [1.54, 1.807) is 0 Å². The highest BCUT2D eigenvalue weighted by Gasteiger charge is 2.42. The first-order valence-corrected chi connectivity index (χ1v) is 6.74. The molecular formula is C14H18Cl2O2. The van der Waals surface area contributed by atoms with Crippen LogP contribution in [0.2, 0.25) is 5.02 Å². The average molecular weight is 289 g/mol. The zero-order valence-electron chi connectivity index (χ0n) is 10.7. The van der Waals surface area contributed by atoms with Crippen LogP contribution in [0.1, 0.15) is 32.3 Å². The summed E-state index contributed by atoms with van der Waals surface area (Å²) >= 11 is 10.1. The van der Waals surface area contributed by atoms with E-state index in [1.165, 1.54) is 5.56 Å². The maximum atomic E-state index is 8.77. The van der Waals surface area contributed by atoms with Gasteiger partial charge in [0.05, 0.1) is 0 Å². The second kappa shape index (κ2) is 6.44. The summed E-state index contributed by atoms with van der Waals surface area (Å²) in [5.74, 6) is 3.22. The van der Waals surface area contributed by atoms with Crippen LogP contribution in [0.4, 0.5) is 4.79 Å². The lowest BCUT2D eigenvalue weighted by Gasteiger charge is -2.48. The normalized spacial score (nSPS) is 29.8. The molecule has 1 saturated carbocycles. The van der Waals surface area contributed by atoms with Crippen molar-refractivity contribution in [2.24, 2.45) is 17.8 Å². The third-order valence-corrected chi connectivity index (χ3v) is 4.30. The molecular weight excluding hydrogens is 271 g/mol. The average Bonchev–Trinajstić information content (AvgIpc) is 2.31. The lowest BCUT2D eigenvalue weighted by atomic mass is 9.57. The summed E-state index contributed by atoms with van der Waals surface area (Å²) in [6.07, 6.45) is 0. The maximum absolute atomic E-state index is 8.77. The van der Waals surface area contributed by atoms with Crippen LogP contribution in [0, 0.1) is 17.8 Å². The van der Waals surface area contributed by atoms with E-state index in [9.17, 15) is 0 Å². The molecule has 1 fully saturated rings. The number of hydrogen-bond acceptors (Lipinski definition) is 1. The Bertz CT molecular complexity index is 389. The number of rotatable bonds is 1. The highest BCUT2D eigenvalue weighted by atomic mass is 35.5. The van der Waals surface area contributed by atoms with E-state index < -0.39 is 5.43 Å². The molecule has 100 valence electrons. The van der Waals surface area contributed by atoms with E-state index in [-0.39, 0.29) is 0 Å². The Hall–Kier alpha value is -0.730. The molecule has 0 aromatic heterocycles. The highest BCUT2D eigenvalue weighted by molar-refractivity contribution is 6.60. The van der Waals surface area contributed by atoms with E-state index in [4.69, 9.17) is 21.5 Å². The molecule has 0 spiro atoms. The van der Waals surface area contributed by atoms with E-state index in [0.29, 0.717) is 0 Å². The smallest absolute Gasteiger partial charge is 0.401 e. The summed E-state index contributed by atoms with van der Waals surface area (Å²) in [6, 6.07) is 8.34. The summed E-state index contributed by atoms with van der Waals surface area (Å²) < 4.78 is 0.